The molecule has 4 heteroatoms. The third-order valence-corrected chi connectivity index (χ3v) is 2.14. The van der Waals surface area contributed by atoms with E-state index in [1.807, 2.05) is 18.3 Å². The molecule has 0 radical (unpaired) electrons. The number of aromatic nitrogens is 1. The molecule has 1 atom stereocenters. The summed E-state index contributed by atoms with van der Waals surface area (Å²) >= 11 is 0. The number of nitrogens with zero attached hydrogens (tertiary/aromatic N) is 2. The van der Waals surface area contributed by atoms with Crippen LogP contribution in [0.1, 0.15) is 0 Å². The molecule has 1 aromatic rings. The molecule has 4 nitrogen and oxygen atoms in total. The van der Waals surface area contributed by atoms with Gasteiger partial charge in [-0.3, -0.25) is 4.98 Å². The van der Waals surface area contributed by atoms with Gasteiger partial charge in [-0.25, -0.2) is 0 Å². The number of hydrogen-bond acceptors (Lipinski definition) is 4. The van der Waals surface area contributed by atoms with Gasteiger partial charge in [0.1, 0.15) is 6.17 Å². The van der Waals surface area contributed by atoms with E-state index in [9.17, 15) is 0 Å². The summed E-state index contributed by atoms with van der Waals surface area (Å²) < 4.78 is 5.25. The normalized spacial score (nSPS) is 23.2. The highest BCUT2D eigenvalue weighted by molar-refractivity contribution is 5.44. The number of hydrogen-bond donors (Lipinski definition) is 1. The Bertz CT molecular complexity index is 265. The van der Waals surface area contributed by atoms with Crippen molar-refractivity contribution in [2.24, 2.45) is 5.73 Å². The fourth-order valence-corrected chi connectivity index (χ4v) is 1.47. The maximum absolute atomic E-state index is 5.88. The Labute approximate surface area is 77.3 Å². The summed E-state index contributed by atoms with van der Waals surface area (Å²) in [5, 5.41) is 0. The fourth-order valence-electron chi connectivity index (χ4n) is 1.47. The molecule has 2 heterocycles. The SMILES string of the molecule is NC1COCCN1c1cccnc1. The highest BCUT2D eigenvalue weighted by Gasteiger charge is 2.18. The third-order valence-electron chi connectivity index (χ3n) is 2.14. The second kappa shape index (κ2) is 3.72. The summed E-state index contributed by atoms with van der Waals surface area (Å²) in [6.07, 6.45) is 3.54. The largest absolute Gasteiger partial charge is 0.376 e. The van der Waals surface area contributed by atoms with Gasteiger partial charge in [0.25, 0.3) is 0 Å². The molecule has 1 unspecified atom stereocenters. The van der Waals surface area contributed by atoms with E-state index < -0.39 is 0 Å². The summed E-state index contributed by atoms with van der Waals surface area (Å²) in [7, 11) is 0. The second-order valence-corrected chi connectivity index (χ2v) is 3.05. The Balaban J connectivity index is 2.15. The van der Waals surface area contributed by atoms with Gasteiger partial charge in [0, 0.05) is 12.7 Å². The molecule has 2 N–H and O–H groups in total. The molecule has 13 heavy (non-hydrogen) atoms. The molecule has 0 aliphatic carbocycles. The molecular formula is C9H13N3O. The monoisotopic (exact) mass is 179 g/mol. The first kappa shape index (κ1) is 8.47. The number of ether oxygens (including phenoxy) is 1. The minimum Gasteiger partial charge on any atom is -0.376 e. The number of pyridine rings is 1. The molecule has 1 aliphatic heterocycles. The highest BCUT2D eigenvalue weighted by Crippen LogP contribution is 2.15. The molecule has 1 saturated heterocycles. The summed E-state index contributed by atoms with van der Waals surface area (Å²) in [6, 6.07) is 3.93. The van der Waals surface area contributed by atoms with Gasteiger partial charge < -0.3 is 15.4 Å². The van der Waals surface area contributed by atoms with Crippen LogP contribution in [0.3, 0.4) is 0 Å². The molecule has 0 saturated carbocycles. The van der Waals surface area contributed by atoms with Gasteiger partial charge in [-0.05, 0) is 12.1 Å². The average Bonchev–Trinajstić information content (AvgIpc) is 2.20. The van der Waals surface area contributed by atoms with Crippen molar-refractivity contribution in [3.8, 4) is 0 Å². The molecule has 0 bridgehead atoms. The first-order chi connectivity index (χ1) is 6.38. The number of nitrogens with two attached hydrogens (primary N) is 1. The second-order valence-electron chi connectivity index (χ2n) is 3.05. The summed E-state index contributed by atoms with van der Waals surface area (Å²) in [5.41, 5.74) is 6.95. The van der Waals surface area contributed by atoms with E-state index in [1.165, 1.54) is 0 Å². The molecule has 2 rings (SSSR count). The zero-order valence-corrected chi connectivity index (χ0v) is 7.39. The fraction of sp³-hybridized carbons (Fsp3) is 0.444. The molecule has 1 aromatic heterocycles. The number of rotatable bonds is 1. The van der Waals surface area contributed by atoms with Crippen molar-refractivity contribution in [1.29, 1.82) is 0 Å². The van der Waals surface area contributed by atoms with Crippen LogP contribution in [-0.2, 0) is 4.74 Å². The van der Waals surface area contributed by atoms with Crippen molar-refractivity contribution >= 4 is 5.69 Å². The lowest BCUT2D eigenvalue weighted by Crippen LogP contribution is -2.51. The van der Waals surface area contributed by atoms with Crippen LogP contribution in [0.2, 0.25) is 0 Å². The van der Waals surface area contributed by atoms with Crippen molar-refractivity contribution < 1.29 is 4.74 Å². The molecule has 0 amide bonds. The van der Waals surface area contributed by atoms with Crippen LogP contribution < -0.4 is 10.6 Å². The minimum atomic E-state index is -0.0436. The first-order valence-electron chi connectivity index (χ1n) is 4.38. The van der Waals surface area contributed by atoms with E-state index in [1.54, 1.807) is 6.20 Å². The van der Waals surface area contributed by atoms with Crippen molar-refractivity contribution in [1.82, 2.24) is 4.98 Å². The molecular weight excluding hydrogens is 166 g/mol. The van der Waals surface area contributed by atoms with Gasteiger partial charge in [0.05, 0.1) is 25.1 Å². The highest BCUT2D eigenvalue weighted by atomic mass is 16.5. The van der Waals surface area contributed by atoms with Crippen LogP contribution in [0.5, 0.6) is 0 Å². The zero-order valence-electron chi connectivity index (χ0n) is 7.39. The molecule has 0 spiro atoms. The van der Waals surface area contributed by atoms with Gasteiger partial charge >= 0.3 is 0 Å². The zero-order chi connectivity index (χ0) is 9.10. The average molecular weight is 179 g/mol. The summed E-state index contributed by atoms with van der Waals surface area (Å²) in [4.78, 5) is 6.16. The number of morpholine rings is 1. The predicted octanol–water partition coefficient (Wildman–Crippen LogP) is 0.203. The van der Waals surface area contributed by atoms with Crippen LogP contribution in [0, 0.1) is 0 Å². The minimum absolute atomic E-state index is 0.0436. The number of anilines is 1. The van der Waals surface area contributed by atoms with Crippen LogP contribution >= 0.6 is 0 Å². The van der Waals surface area contributed by atoms with Crippen molar-refractivity contribution in [3.05, 3.63) is 24.5 Å². The van der Waals surface area contributed by atoms with Crippen LogP contribution in [-0.4, -0.2) is 30.9 Å². The van der Waals surface area contributed by atoms with Crippen molar-refractivity contribution in [3.63, 3.8) is 0 Å². The molecule has 0 aromatic carbocycles. The quantitative estimate of drug-likeness (QED) is 0.669. The van der Waals surface area contributed by atoms with Gasteiger partial charge in [-0.15, -0.1) is 0 Å². The lowest BCUT2D eigenvalue weighted by atomic mass is 10.3. The Morgan fingerprint density at radius 3 is 3.23 bits per heavy atom. The van der Waals surface area contributed by atoms with E-state index in [2.05, 4.69) is 9.88 Å². The van der Waals surface area contributed by atoms with E-state index >= 15 is 0 Å². The molecule has 1 fully saturated rings. The summed E-state index contributed by atoms with van der Waals surface area (Å²) in [6.45, 7) is 2.17. The van der Waals surface area contributed by atoms with E-state index in [4.69, 9.17) is 10.5 Å². The Hall–Kier alpha value is -1.13. The van der Waals surface area contributed by atoms with Gasteiger partial charge in [-0.1, -0.05) is 0 Å². The summed E-state index contributed by atoms with van der Waals surface area (Å²) in [5.74, 6) is 0. The predicted molar refractivity (Wildman–Crippen MR) is 50.4 cm³/mol. The Kier molecular flexibility index (Phi) is 2.42. The third kappa shape index (κ3) is 1.79. The lowest BCUT2D eigenvalue weighted by molar-refractivity contribution is 0.0958. The van der Waals surface area contributed by atoms with E-state index in [0.29, 0.717) is 6.61 Å². The van der Waals surface area contributed by atoms with E-state index in [-0.39, 0.29) is 6.17 Å². The smallest absolute Gasteiger partial charge is 0.101 e. The van der Waals surface area contributed by atoms with Gasteiger partial charge in [0.15, 0.2) is 0 Å². The first-order valence-corrected chi connectivity index (χ1v) is 4.38. The van der Waals surface area contributed by atoms with Gasteiger partial charge in [-0.2, -0.15) is 0 Å². The lowest BCUT2D eigenvalue weighted by Gasteiger charge is -2.34. The van der Waals surface area contributed by atoms with E-state index in [0.717, 1.165) is 18.8 Å². The maximum Gasteiger partial charge on any atom is 0.101 e. The standard InChI is InChI=1S/C9H13N3O/c10-9-7-13-5-4-12(9)8-2-1-3-11-6-8/h1-3,6,9H,4-5,7,10H2. The van der Waals surface area contributed by atoms with Crippen LogP contribution in [0.15, 0.2) is 24.5 Å². The van der Waals surface area contributed by atoms with Crippen molar-refractivity contribution in [2.45, 2.75) is 6.17 Å². The van der Waals surface area contributed by atoms with Gasteiger partial charge in [0.2, 0.25) is 0 Å². The molecule has 70 valence electrons. The topological polar surface area (TPSA) is 51.4 Å². The van der Waals surface area contributed by atoms with Crippen molar-refractivity contribution in [2.75, 3.05) is 24.7 Å². The molecule has 1 aliphatic rings. The Morgan fingerprint density at radius 2 is 2.54 bits per heavy atom. The Morgan fingerprint density at radius 1 is 1.62 bits per heavy atom. The van der Waals surface area contributed by atoms with Crippen LogP contribution in [0.4, 0.5) is 5.69 Å². The van der Waals surface area contributed by atoms with Crippen LogP contribution in [0.25, 0.3) is 0 Å². The maximum atomic E-state index is 5.88.